The Morgan fingerprint density at radius 1 is 1.40 bits per heavy atom. The molecule has 3 heteroatoms. The minimum atomic E-state index is -0.138. The lowest BCUT2D eigenvalue weighted by molar-refractivity contribution is 0.247. The van der Waals surface area contributed by atoms with E-state index in [0.717, 1.165) is 37.7 Å². The fourth-order valence-electron chi connectivity index (χ4n) is 3.02. The summed E-state index contributed by atoms with van der Waals surface area (Å²) in [6, 6.07) is 5.72. The van der Waals surface area contributed by atoms with Crippen LogP contribution in [0, 0.1) is 18.7 Å². The first-order chi connectivity index (χ1) is 9.54. The monoisotopic (exact) mass is 278 g/mol. The van der Waals surface area contributed by atoms with E-state index in [1.807, 2.05) is 13.0 Å². The molecule has 1 aliphatic rings. The quantitative estimate of drug-likeness (QED) is 0.908. The maximum atomic E-state index is 13.2. The van der Waals surface area contributed by atoms with Gasteiger partial charge in [-0.2, -0.15) is 0 Å². The Kier molecular flexibility index (Phi) is 5.55. The molecule has 0 aromatic heterocycles. The van der Waals surface area contributed by atoms with E-state index in [0.29, 0.717) is 6.04 Å². The van der Waals surface area contributed by atoms with E-state index in [1.165, 1.54) is 18.4 Å². The molecule has 0 radical (unpaired) electrons. The Hall–Kier alpha value is -0.930. The Morgan fingerprint density at radius 3 is 2.90 bits per heavy atom. The van der Waals surface area contributed by atoms with Crippen molar-refractivity contribution in [1.29, 1.82) is 0 Å². The van der Waals surface area contributed by atoms with Crippen molar-refractivity contribution >= 4 is 0 Å². The van der Waals surface area contributed by atoms with Crippen LogP contribution in [0.3, 0.4) is 0 Å². The van der Waals surface area contributed by atoms with Gasteiger partial charge in [-0.25, -0.2) is 4.39 Å². The van der Waals surface area contributed by atoms with Gasteiger partial charge in [0, 0.05) is 19.1 Å². The second-order valence-electron chi connectivity index (χ2n) is 6.44. The van der Waals surface area contributed by atoms with Crippen molar-refractivity contribution in [3.05, 3.63) is 35.1 Å². The van der Waals surface area contributed by atoms with E-state index in [9.17, 15) is 4.39 Å². The van der Waals surface area contributed by atoms with Crippen LogP contribution in [0.25, 0.3) is 0 Å². The molecule has 0 bridgehead atoms. The Morgan fingerprint density at radius 2 is 2.20 bits per heavy atom. The Balaban J connectivity index is 1.99. The van der Waals surface area contributed by atoms with E-state index in [1.54, 1.807) is 12.1 Å². The van der Waals surface area contributed by atoms with E-state index in [2.05, 4.69) is 24.1 Å². The van der Waals surface area contributed by atoms with Crippen LogP contribution >= 0.6 is 0 Å². The molecule has 1 atom stereocenters. The third-order valence-corrected chi connectivity index (χ3v) is 4.02. The summed E-state index contributed by atoms with van der Waals surface area (Å²) < 4.78 is 13.2. The van der Waals surface area contributed by atoms with Crippen LogP contribution in [0.4, 0.5) is 4.39 Å². The zero-order valence-electron chi connectivity index (χ0n) is 13.0. The van der Waals surface area contributed by atoms with Gasteiger partial charge in [0.25, 0.3) is 0 Å². The van der Waals surface area contributed by atoms with E-state index in [4.69, 9.17) is 0 Å². The first-order valence-corrected chi connectivity index (χ1v) is 7.75. The molecule has 0 aliphatic carbocycles. The topological polar surface area (TPSA) is 15.3 Å². The number of hydrogen-bond acceptors (Lipinski definition) is 2. The molecule has 1 aromatic carbocycles. The molecule has 112 valence electrons. The third kappa shape index (κ3) is 4.57. The number of rotatable bonds is 4. The van der Waals surface area contributed by atoms with Crippen LogP contribution < -0.4 is 5.32 Å². The van der Waals surface area contributed by atoms with Crippen LogP contribution in [0.2, 0.25) is 0 Å². The number of nitrogens with zero attached hydrogens (tertiary/aromatic N) is 1. The summed E-state index contributed by atoms with van der Waals surface area (Å²) >= 11 is 0. The maximum absolute atomic E-state index is 13.2. The second kappa shape index (κ2) is 7.19. The van der Waals surface area contributed by atoms with Crippen molar-refractivity contribution in [2.75, 3.05) is 19.6 Å². The molecule has 0 spiro atoms. The molecule has 2 nitrogen and oxygen atoms in total. The minimum absolute atomic E-state index is 0.138. The first-order valence-electron chi connectivity index (χ1n) is 7.75. The molecule has 1 fully saturated rings. The number of halogens is 1. The lowest BCUT2D eigenvalue weighted by Crippen LogP contribution is -2.38. The summed E-state index contributed by atoms with van der Waals surface area (Å²) in [5, 5.41) is 3.65. The SMILES string of the molecule is Cc1cc(F)ccc1CN1CCCNC(CC(C)C)C1. The van der Waals surface area contributed by atoms with E-state index in [-0.39, 0.29) is 5.82 Å². The number of benzene rings is 1. The van der Waals surface area contributed by atoms with Crippen LogP contribution in [0.1, 0.15) is 37.8 Å². The normalized spacial score (nSPS) is 21.1. The minimum Gasteiger partial charge on any atom is -0.313 e. The molecular weight excluding hydrogens is 251 g/mol. The van der Waals surface area contributed by atoms with Gasteiger partial charge in [0.2, 0.25) is 0 Å². The summed E-state index contributed by atoms with van der Waals surface area (Å²) in [5.74, 6) is 0.585. The summed E-state index contributed by atoms with van der Waals surface area (Å²) in [4.78, 5) is 2.51. The molecule has 1 saturated heterocycles. The largest absolute Gasteiger partial charge is 0.313 e. The highest BCUT2D eigenvalue weighted by Crippen LogP contribution is 2.16. The predicted octanol–water partition coefficient (Wildman–Crippen LogP) is 3.34. The van der Waals surface area contributed by atoms with Gasteiger partial charge in [-0.3, -0.25) is 4.90 Å². The molecule has 0 amide bonds. The van der Waals surface area contributed by atoms with Crippen molar-refractivity contribution in [2.45, 2.75) is 46.2 Å². The molecule has 1 aromatic rings. The smallest absolute Gasteiger partial charge is 0.123 e. The van der Waals surface area contributed by atoms with Gasteiger partial charge in [0.1, 0.15) is 5.82 Å². The van der Waals surface area contributed by atoms with Crippen LogP contribution in [0.15, 0.2) is 18.2 Å². The van der Waals surface area contributed by atoms with Crippen molar-refractivity contribution < 1.29 is 4.39 Å². The maximum Gasteiger partial charge on any atom is 0.123 e. The summed E-state index contributed by atoms with van der Waals surface area (Å²) in [5.41, 5.74) is 2.30. The van der Waals surface area contributed by atoms with Gasteiger partial charge >= 0.3 is 0 Å². The first kappa shape index (κ1) is 15.5. The zero-order valence-corrected chi connectivity index (χ0v) is 13.0. The molecule has 1 unspecified atom stereocenters. The highest BCUT2D eigenvalue weighted by atomic mass is 19.1. The lowest BCUT2D eigenvalue weighted by atomic mass is 10.0. The van der Waals surface area contributed by atoms with E-state index < -0.39 is 0 Å². The fourth-order valence-corrected chi connectivity index (χ4v) is 3.02. The molecule has 2 rings (SSSR count). The Bertz CT molecular complexity index is 431. The van der Waals surface area contributed by atoms with Gasteiger partial charge in [-0.05, 0) is 62.0 Å². The van der Waals surface area contributed by atoms with Gasteiger partial charge in [0.15, 0.2) is 0 Å². The predicted molar refractivity (Wildman–Crippen MR) is 82.3 cm³/mol. The van der Waals surface area contributed by atoms with Crippen molar-refractivity contribution in [3.63, 3.8) is 0 Å². The number of aryl methyl sites for hydroxylation is 1. The third-order valence-electron chi connectivity index (χ3n) is 4.02. The van der Waals surface area contributed by atoms with Crippen molar-refractivity contribution in [1.82, 2.24) is 10.2 Å². The second-order valence-corrected chi connectivity index (χ2v) is 6.44. The highest BCUT2D eigenvalue weighted by molar-refractivity contribution is 5.26. The van der Waals surface area contributed by atoms with E-state index >= 15 is 0 Å². The zero-order chi connectivity index (χ0) is 14.5. The van der Waals surface area contributed by atoms with Crippen LogP contribution in [-0.2, 0) is 6.54 Å². The van der Waals surface area contributed by atoms with Gasteiger partial charge in [-0.1, -0.05) is 19.9 Å². The molecule has 20 heavy (non-hydrogen) atoms. The van der Waals surface area contributed by atoms with Crippen LogP contribution in [0.5, 0.6) is 0 Å². The van der Waals surface area contributed by atoms with Crippen molar-refractivity contribution in [3.8, 4) is 0 Å². The van der Waals surface area contributed by atoms with Gasteiger partial charge in [-0.15, -0.1) is 0 Å². The molecular formula is C17H27FN2. The molecule has 1 N–H and O–H groups in total. The molecule has 0 saturated carbocycles. The van der Waals surface area contributed by atoms with Crippen molar-refractivity contribution in [2.24, 2.45) is 5.92 Å². The van der Waals surface area contributed by atoms with Crippen LogP contribution in [-0.4, -0.2) is 30.6 Å². The molecule has 1 heterocycles. The lowest BCUT2D eigenvalue weighted by Gasteiger charge is -2.26. The molecule has 1 aliphatic heterocycles. The summed E-state index contributed by atoms with van der Waals surface area (Å²) in [6.07, 6.45) is 2.41. The van der Waals surface area contributed by atoms with Gasteiger partial charge < -0.3 is 5.32 Å². The number of nitrogens with one attached hydrogen (secondary N) is 1. The fraction of sp³-hybridized carbons (Fsp3) is 0.647. The highest BCUT2D eigenvalue weighted by Gasteiger charge is 2.19. The number of hydrogen-bond donors (Lipinski definition) is 1. The Labute approximate surface area is 122 Å². The summed E-state index contributed by atoms with van der Waals surface area (Å²) in [7, 11) is 0. The average Bonchev–Trinajstić information content (AvgIpc) is 2.57. The average molecular weight is 278 g/mol. The summed E-state index contributed by atoms with van der Waals surface area (Å²) in [6.45, 7) is 10.8. The standard InChI is InChI=1S/C17H27FN2/c1-13(2)9-17-12-20(8-4-7-19-17)11-15-5-6-16(18)10-14(15)3/h5-6,10,13,17,19H,4,7-9,11-12H2,1-3H3. The van der Waals surface area contributed by atoms with Gasteiger partial charge in [0.05, 0.1) is 0 Å².